The quantitative estimate of drug-likeness (QED) is 0.658. The topological polar surface area (TPSA) is 71.5 Å². The van der Waals surface area contributed by atoms with Gasteiger partial charge < -0.3 is 4.74 Å². The number of carbonyl (C=O) groups excluding carboxylic acids is 2. The number of nitrogens with zero attached hydrogens (tertiary/aromatic N) is 2. The van der Waals surface area contributed by atoms with Gasteiger partial charge in [-0.3, -0.25) is 20.0 Å². The average molecular weight is 371 g/mol. The van der Waals surface area contributed by atoms with Crippen LogP contribution in [0.3, 0.4) is 0 Å². The van der Waals surface area contributed by atoms with Gasteiger partial charge in [0.05, 0.1) is 12.0 Å². The molecule has 2 aromatic rings. The van der Waals surface area contributed by atoms with E-state index in [1.54, 1.807) is 25.3 Å². The molecular weight excluding hydrogens is 358 g/mol. The molecule has 0 unspecified atom stereocenters. The molecule has 1 fully saturated rings. The molecule has 6 nitrogen and oxygen atoms in total. The molecule has 0 bridgehead atoms. The number of benzene rings is 1. The molecule has 2 amide bonds. The van der Waals surface area contributed by atoms with Crippen molar-refractivity contribution in [3.8, 4) is 5.75 Å². The monoisotopic (exact) mass is 371 g/mol. The van der Waals surface area contributed by atoms with Crippen molar-refractivity contribution in [2.45, 2.75) is 0 Å². The van der Waals surface area contributed by atoms with Gasteiger partial charge in [0, 0.05) is 18.0 Å². The summed E-state index contributed by atoms with van der Waals surface area (Å²) in [5.74, 6) is -0.114. The van der Waals surface area contributed by atoms with Gasteiger partial charge in [-0.1, -0.05) is 23.9 Å². The van der Waals surface area contributed by atoms with E-state index in [1.807, 2.05) is 24.3 Å². The molecule has 1 aliphatic heterocycles. The second-order valence-corrected chi connectivity index (χ2v) is 6.65. The van der Waals surface area contributed by atoms with Crippen LogP contribution in [0.5, 0.6) is 5.75 Å². The fraction of sp³-hybridized carbons (Fsp3) is 0.0588. The fourth-order valence-corrected chi connectivity index (χ4v) is 3.30. The molecule has 3 rings (SSSR count). The summed E-state index contributed by atoms with van der Waals surface area (Å²) in [6.07, 6.45) is 4.71. The number of methoxy groups -OCH3 is 1. The van der Waals surface area contributed by atoms with Crippen molar-refractivity contribution in [2.24, 2.45) is 0 Å². The van der Waals surface area contributed by atoms with Crippen LogP contribution in [-0.4, -0.2) is 33.2 Å². The third-order valence-corrected chi connectivity index (χ3v) is 4.64. The molecule has 8 heteroatoms. The standard InChI is InChI=1S/C17H13N3O3S2/c1-23-13-4-2-3-11(9-13)10-14-16(22)20(17(24)25-14)19-15(21)12-5-7-18-8-6-12/h2-10H,1H3,(H,19,21)/b14-10+. The second-order valence-electron chi connectivity index (χ2n) is 4.97. The molecule has 0 saturated carbocycles. The minimum atomic E-state index is -0.429. The van der Waals surface area contributed by atoms with Gasteiger partial charge >= 0.3 is 0 Å². The van der Waals surface area contributed by atoms with Crippen LogP contribution in [0.1, 0.15) is 15.9 Å². The zero-order chi connectivity index (χ0) is 17.8. The van der Waals surface area contributed by atoms with E-state index in [0.29, 0.717) is 16.2 Å². The van der Waals surface area contributed by atoms with Gasteiger partial charge in [-0.05, 0) is 48.1 Å². The predicted octanol–water partition coefficient (Wildman–Crippen LogP) is 2.64. The lowest BCUT2D eigenvalue weighted by atomic mass is 10.2. The zero-order valence-electron chi connectivity index (χ0n) is 13.1. The molecule has 1 aromatic carbocycles. The Balaban J connectivity index is 1.78. The third kappa shape index (κ3) is 3.86. The predicted molar refractivity (Wildman–Crippen MR) is 99.7 cm³/mol. The van der Waals surface area contributed by atoms with E-state index in [9.17, 15) is 9.59 Å². The zero-order valence-corrected chi connectivity index (χ0v) is 14.8. The van der Waals surface area contributed by atoms with E-state index in [0.717, 1.165) is 22.3 Å². The number of hydrogen-bond donors (Lipinski definition) is 1. The molecular formula is C17H13N3O3S2. The SMILES string of the molecule is COc1cccc(/C=C2/SC(=S)N(NC(=O)c3ccncc3)C2=O)c1. The number of ether oxygens (including phenoxy) is 1. The van der Waals surface area contributed by atoms with Crippen molar-refractivity contribution in [2.75, 3.05) is 7.11 Å². The van der Waals surface area contributed by atoms with Crippen molar-refractivity contribution < 1.29 is 14.3 Å². The van der Waals surface area contributed by atoms with Crippen LogP contribution in [0.4, 0.5) is 0 Å². The summed E-state index contributed by atoms with van der Waals surface area (Å²) < 4.78 is 5.44. The highest BCUT2D eigenvalue weighted by atomic mass is 32.2. The first-order chi connectivity index (χ1) is 12.1. The summed E-state index contributed by atoms with van der Waals surface area (Å²) in [5, 5.41) is 1.08. The van der Waals surface area contributed by atoms with E-state index in [1.165, 1.54) is 12.4 Å². The van der Waals surface area contributed by atoms with Crippen LogP contribution in [0.2, 0.25) is 0 Å². The van der Waals surface area contributed by atoms with Gasteiger partial charge in [0.2, 0.25) is 0 Å². The Morgan fingerprint density at radius 2 is 2.08 bits per heavy atom. The summed E-state index contributed by atoms with van der Waals surface area (Å²) >= 11 is 6.33. The largest absolute Gasteiger partial charge is 0.497 e. The van der Waals surface area contributed by atoms with E-state index >= 15 is 0 Å². The van der Waals surface area contributed by atoms with Crippen molar-refractivity contribution in [3.05, 3.63) is 64.8 Å². The van der Waals surface area contributed by atoms with Crippen LogP contribution < -0.4 is 10.2 Å². The molecule has 126 valence electrons. The van der Waals surface area contributed by atoms with Crippen LogP contribution in [0, 0.1) is 0 Å². The number of carbonyl (C=O) groups is 2. The van der Waals surface area contributed by atoms with Crippen LogP contribution >= 0.6 is 24.0 Å². The average Bonchev–Trinajstić information content (AvgIpc) is 2.90. The molecule has 0 aliphatic carbocycles. The first-order valence-corrected chi connectivity index (χ1v) is 8.44. The Bertz CT molecular complexity index is 868. The number of thioether (sulfide) groups is 1. The van der Waals surface area contributed by atoms with Gasteiger partial charge in [-0.2, -0.15) is 5.01 Å². The van der Waals surface area contributed by atoms with Crippen LogP contribution in [-0.2, 0) is 4.79 Å². The highest BCUT2D eigenvalue weighted by Gasteiger charge is 2.33. The minimum Gasteiger partial charge on any atom is -0.497 e. The van der Waals surface area contributed by atoms with E-state index < -0.39 is 5.91 Å². The Morgan fingerprint density at radius 1 is 1.32 bits per heavy atom. The maximum Gasteiger partial charge on any atom is 0.285 e. The maximum absolute atomic E-state index is 12.5. The number of nitrogens with one attached hydrogen (secondary N) is 1. The summed E-state index contributed by atoms with van der Waals surface area (Å²) in [6, 6.07) is 10.4. The number of thiocarbonyl (C=S) groups is 1. The van der Waals surface area contributed by atoms with E-state index in [4.69, 9.17) is 17.0 Å². The number of rotatable bonds is 4. The Morgan fingerprint density at radius 3 is 2.80 bits per heavy atom. The van der Waals surface area contributed by atoms with E-state index in [2.05, 4.69) is 10.4 Å². The number of hydrazine groups is 1. The first kappa shape index (κ1) is 17.1. The Kier molecular flexibility index (Phi) is 5.11. The number of pyridine rings is 1. The number of hydrogen-bond acceptors (Lipinski definition) is 6. The van der Waals surface area contributed by atoms with Gasteiger partial charge in [0.25, 0.3) is 11.8 Å². The molecule has 1 aromatic heterocycles. The molecule has 0 radical (unpaired) electrons. The first-order valence-electron chi connectivity index (χ1n) is 7.21. The van der Waals surface area contributed by atoms with Gasteiger partial charge in [-0.15, -0.1) is 0 Å². The molecule has 25 heavy (non-hydrogen) atoms. The highest BCUT2D eigenvalue weighted by molar-refractivity contribution is 8.26. The molecule has 0 atom stereocenters. The van der Waals surface area contributed by atoms with Crippen molar-refractivity contribution in [1.82, 2.24) is 15.4 Å². The molecule has 1 aliphatic rings. The second kappa shape index (κ2) is 7.45. The minimum absolute atomic E-state index is 0.265. The summed E-state index contributed by atoms with van der Waals surface area (Å²) in [4.78, 5) is 29.0. The van der Waals surface area contributed by atoms with Gasteiger partial charge in [0.15, 0.2) is 4.32 Å². The molecule has 1 saturated heterocycles. The van der Waals surface area contributed by atoms with Gasteiger partial charge in [-0.25, -0.2) is 0 Å². The van der Waals surface area contributed by atoms with Crippen molar-refractivity contribution in [3.63, 3.8) is 0 Å². The lowest BCUT2D eigenvalue weighted by Crippen LogP contribution is -2.44. The summed E-state index contributed by atoms with van der Waals surface area (Å²) in [6.45, 7) is 0. The van der Waals surface area contributed by atoms with Crippen LogP contribution in [0.25, 0.3) is 6.08 Å². The maximum atomic E-state index is 12.5. The number of amides is 2. The Labute approximate surface area is 153 Å². The summed E-state index contributed by atoms with van der Waals surface area (Å²) in [7, 11) is 1.58. The Hall–Kier alpha value is -2.71. The summed E-state index contributed by atoms with van der Waals surface area (Å²) in [5.41, 5.74) is 3.72. The molecule has 2 heterocycles. The fourth-order valence-electron chi connectivity index (χ4n) is 2.12. The molecule has 1 N–H and O–H groups in total. The highest BCUT2D eigenvalue weighted by Crippen LogP contribution is 2.31. The lowest BCUT2D eigenvalue weighted by molar-refractivity contribution is -0.123. The van der Waals surface area contributed by atoms with Crippen molar-refractivity contribution in [1.29, 1.82) is 0 Å². The number of aromatic nitrogens is 1. The smallest absolute Gasteiger partial charge is 0.285 e. The van der Waals surface area contributed by atoms with E-state index in [-0.39, 0.29) is 10.2 Å². The lowest BCUT2D eigenvalue weighted by Gasteiger charge is -2.15. The van der Waals surface area contributed by atoms with Crippen molar-refractivity contribution >= 4 is 46.2 Å². The van der Waals surface area contributed by atoms with Gasteiger partial charge in [0.1, 0.15) is 5.75 Å². The molecule has 0 spiro atoms. The third-order valence-electron chi connectivity index (χ3n) is 3.34. The van der Waals surface area contributed by atoms with Crippen LogP contribution in [0.15, 0.2) is 53.7 Å². The normalized spacial score (nSPS) is 15.6.